The first-order valence-corrected chi connectivity index (χ1v) is 12.5. The molecule has 1 aliphatic rings. The van der Waals surface area contributed by atoms with Gasteiger partial charge in [-0.25, -0.2) is 4.68 Å². The Kier molecular flexibility index (Phi) is 6.80. The lowest BCUT2D eigenvalue weighted by molar-refractivity contribution is -0.137. The second-order valence-corrected chi connectivity index (χ2v) is 10.5. The fraction of sp³-hybridized carbons (Fsp3) is 0.448. The lowest BCUT2D eigenvalue weighted by Gasteiger charge is -2.38. The Bertz CT molecular complexity index is 1220. The molecular formula is C29H34F3N3O. The smallest absolute Gasteiger partial charge is 0.363 e. The summed E-state index contributed by atoms with van der Waals surface area (Å²) in [6.45, 7) is 10.1. The number of carbonyl (C=O) groups excluding carboxylic acids is 1. The number of Topliss-reactive ketones (excluding diaryl/α,β-unsaturated/α-hetero) is 1. The van der Waals surface area contributed by atoms with Crippen molar-refractivity contribution in [1.29, 1.82) is 0 Å². The lowest BCUT2D eigenvalue weighted by Crippen LogP contribution is -2.38. The number of aryl methyl sites for hydroxylation is 1. The first-order chi connectivity index (χ1) is 16.9. The number of ketones is 1. The largest absolute Gasteiger partial charge is 0.416 e. The van der Waals surface area contributed by atoms with Gasteiger partial charge in [0.25, 0.3) is 0 Å². The van der Waals surface area contributed by atoms with E-state index in [1.807, 2.05) is 43.7 Å². The average Bonchev–Trinajstić information content (AvgIpc) is 3.19. The van der Waals surface area contributed by atoms with E-state index >= 15 is 0 Å². The van der Waals surface area contributed by atoms with E-state index in [9.17, 15) is 18.0 Å². The Morgan fingerprint density at radius 2 is 1.61 bits per heavy atom. The number of nitrogens with zero attached hydrogens (tertiary/aromatic N) is 2. The predicted octanol–water partition coefficient (Wildman–Crippen LogP) is 7.83. The van der Waals surface area contributed by atoms with Crippen LogP contribution in [0.4, 0.5) is 19.0 Å². The molecule has 2 heterocycles. The van der Waals surface area contributed by atoms with Gasteiger partial charge in [0.15, 0.2) is 5.78 Å². The summed E-state index contributed by atoms with van der Waals surface area (Å²) in [6, 6.07) is 15.5. The van der Waals surface area contributed by atoms with Crippen LogP contribution in [0, 0.1) is 6.92 Å². The maximum Gasteiger partial charge on any atom is 0.416 e. The maximum atomic E-state index is 13.9. The van der Waals surface area contributed by atoms with Crippen molar-refractivity contribution in [3.8, 4) is 0 Å². The molecule has 2 aromatic carbocycles. The number of aromatic nitrogens is 2. The van der Waals surface area contributed by atoms with E-state index in [4.69, 9.17) is 5.10 Å². The van der Waals surface area contributed by atoms with Crippen LogP contribution in [-0.4, -0.2) is 15.6 Å². The quantitative estimate of drug-likeness (QED) is 0.338. The first kappa shape index (κ1) is 26.0. The summed E-state index contributed by atoms with van der Waals surface area (Å²) < 4.78 is 41.3. The van der Waals surface area contributed by atoms with Gasteiger partial charge in [-0.3, -0.25) is 4.79 Å². The Morgan fingerprint density at radius 1 is 1.03 bits per heavy atom. The number of rotatable bonds is 7. The van der Waals surface area contributed by atoms with E-state index in [-0.39, 0.29) is 23.8 Å². The molecule has 36 heavy (non-hydrogen) atoms. The summed E-state index contributed by atoms with van der Waals surface area (Å²) in [6.07, 6.45) is -2.11. The lowest BCUT2D eigenvalue weighted by atomic mass is 9.71. The van der Waals surface area contributed by atoms with Crippen molar-refractivity contribution in [3.05, 3.63) is 82.5 Å². The summed E-state index contributed by atoms with van der Waals surface area (Å²) >= 11 is 0. The summed E-state index contributed by atoms with van der Waals surface area (Å²) in [5.74, 6) is 0.672. The third-order valence-corrected chi connectivity index (χ3v) is 7.81. The van der Waals surface area contributed by atoms with Crippen LogP contribution in [0.1, 0.15) is 92.2 Å². The van der Waals surface area contributed by atoms with E-state index in [1.165, 1.54) is 12.1 Å². The van der Waals surface area contributed by atoms with Crippen LogP contribution in [-0.2, 0) is 17.1 Å². The molecule has 1 aliphatic heterocycles. The highest BCUT2D eigenvalue weighted by atomic mass is 19.4. The minimum absolute atomic E-state index is 0.0355. The number of fused-ring (bicyclic) bond motifs is 1. The Labute approximate surface area is 210 Å². The summed E-state index contributed by atoms with van der Waals surface area (Å²) in [4.78, 5) is 13.9. The van der Waals surface area contributed by atoms with Gasteiger partial charge >= 0.3 is 6.18 Å². The van der Waals surface area contributed by atoms with Crippen molar-refractivity contribution in [2.24, 2.45) is 0 Å². The van der Waals surface area contributed by atoms with E-state index in [2.05, 4.69) is 31.3 Å². The van der Waals surface area contributed by atoms with E-state index < -0.39 is 17.2 Å². The summed E-state index contributed by atoms with van der Waals surface area (Å²) in [7, 11) is 0. The van der Waals surface area contributed by atoms with Crippen LogP contribution in [0.2, 0.25) is 0 Å². The van der Waals surface area contributed by atoms with Gasteiger partial charge in [-0.1, -0.05) is 56.3 Å². The van der Waals surface area contributed by atoms with Gasteiger partial charge in [-0.2, -0.15) is 18.3 Å². The molecule has 1 N–H and O–H groups in total. The van der Waals surface area contributed by atoms with Crippen LogP contribution in [0.3, 0.4) is 0 Å². The molecule has 0 saturated carbocycles. The molecule has 4 nitrogen and oxygen atoms in total. The van der Waals surface area contributed by atoms with Crippen LogP contribution in [0.15, 0.2) is 54.6 Å². The highest BCUT2D eigenvalue weighted by Crippen LogP contribution is 2.43. The SMILES string of the molecule is CCC(CC)(CC(=O)c1c(C)nn2c1NC(c1ccccc1)CC2(C)C)c1ccc(C(F)(F)F)cc1. The molecule has 3 aromatic rings. The van der Waals surface area contributed by atoms with Crippen LogP contribution in [0.25, 0.3) is 0 Å². The van der Waals surface area contributed by atoms with E-state index in [0.29, 0.717) is 24.1 Å². The molecule has 0 spiro atoms. The van der Waals surface area contributed by atoms with Gasteiger partial charge in [0.1, 0.15) is 5.82 Å². The number of hydrogen-bond donors (Lipinski definition) is 1. The molecule has 192 valence electrons. The molecule has 1 atom stereocenters. The third kappa shape index (κ3) is 4.67. The van der Waals surface area contributed by atoms with Gasteiger partial charge in [-0.15, -0.1) is 0 Å². The van der Waals surface area contributed by atoms with Crippen molar-refractivity contribution >= 4 is 11.6 Å². The minimum Gasteiger partial charge on any atom is -0.363 e. The summed E-state index contributed by atoms with van der Waals surface area (Å²) in [5, 5.41) is 8.33. The Hall–Kier alpha value is -3.09. The number of carbonyl (C=O) groups is 1. The van der Waals surface area contributed by atoms with Gasteiger partial charge in [-0.05, 0) is 63.3 Å². The minimum atomic E-state index is -4.39. The van der Waals surface area contributed by atoms with E-state index in [0.717, 1.165) is 35.5 Å². The molecule has 0 bridgehead atoms. The molecule has 7 heteroatoms. The first-order valence-electron chi connectivity index (χ1n) is 12.5. The van der Waals surface area contributed by atoms with Crippen molar-refractivity contribution in [1.82, 2.24) is 9.78 Å². The number of anilines is 1. The number of benzene rings is 2. The highest BCUT2D eigenvalue weighted by Gasteiger charge is 2.40. The molecule has 1 unspecified atom stereocenters. The molecule has 0 fully saturated rings. The number of hydrogen-bond acceptors (Lipinski definition) is 3. The van der Waals surface area contributed by atoms with E-state index in [1.54, 1.807) is 0 Å². The third-order valence-electron chi connectivity index (χ3n) is 7.81. The molecule has 4 rings (SSSR count). The second-order valence-electron chi connectivity index (χ2n) is 10.5. The average molecular weight is 498 g/mol. The normalized spacial score (nSPS) is 17.4. The Morgan fingerprint density at radius 3 is 2.17 bits per heavy atom. The molecule has 0 radical (unpaired) electrons. The molecule has 0 aliphatic carbocycles. The van der Waals surface area contributed by atoms with Crippen molar-refractivity contribution < 1.29 is 18.0 Å². The van der Waals surface area contributed by atoms with Crippen LogP contribution >= 0.6 is 0 Å². The maximum absolute atomic E-state index is 13.9. The fourth-order valence-electron chi connectivity index (χ4n) is 5.54. The molecular weight excluding hydrogens is 463 g/mol. The topological polar surface area (TPSA) is 46.9 Å². The molecule has 1 aromatic heterocycles. The standard InChI is InChI=1S/C29H34F3N3O/c1-6-28(7-2,21-13-15-22(16-14-21)29(30,31)32)18-24(36)25-19(3)34-35-26(25)33-23(17-27(35,4)5)20-11-9-8-10-12-20/h8-16,23,33H,6-7,17-18H2,1-5H3. The number of alkyl halides is 3. The fourth-order valence-corrected chi connectivity index (χ4v) is 5.54. The van der Waals surface area contributed by atoms with Gasteiger partial charge in [0.05, 0.1) is 28.4 Å². The molecule has 0 amide bonds. The zero-order valence-electron chi connectivity index (χ0n) is 21.5. The van der Waals surface area contributed by atoms with Gasteiger partial charge in [0, 0.05) is 11.8 Å². The van der Waals surface area contributed by atoms with Gasteiger partial charge < -0.3 is 5.32 Å². The van der Waals surface area contributed by atoms with Crippen LogP contribution < -0.4 is 5.32 Å². The van der Waals surface area contributed by atoms with Gasteiger partial charge in [0.2, 0.25) is 0 Å². The number of nitrogens with one attached hydrogen (secondary N) is 1. The number of halogens is 3. The zero-order valence-corrected chi connectivity index (χ0v) is 21.5. The van der Waals surface area contributed by atoms with Crippen LogP contribution in [0.5, 0.6) is 0 Å². The monoisotopic (exact) mass is 497 g/mol. The highest BCUT2D eigenvalue weighted by molar-refractivity contribution is 6.02. The molecule has 0 saturated heterocycles. The van der Waals surface area contributed by atoms with Crippen molar-refractivity contribution in [3.63, 3.8) is 0 Å². The van der Waals surface area contributed by atoms with Crippen molar-refractivity contribution in [2.75, 3.05) is 5.32 Å². The Balaban J connectivity index is 1.70. The predicted molar refractivity (Wildman–Crippen MR) is 136 cm³/mol. The summed E-state index contributed by atoms with van der Waals surface area (Å²) in [5.41, 5.74) is 1.59. The van der Waals surface area contributed by atoms with Crippen molar-refractivity contribution in [2.45, 2.75) is 83.5 Å². The zero-order chi connectivity index (χ0) is 26.3. The second kappa shape index (κ2) is 9.41.